The van der Waals surface area contributed by atoms with Gasteiger partial charge in [-0.15, -0.1) is 0 Å². The van der Waals surface area contributed by atoms with Crippen LogP contribution in [0.15, 0.2) is 23.5 Å². The van der Waals surface area contributed by atoms with Crippen molar-refractivity contribution in [2.24, 2.45) is 10.9 Å². The number of rotatable bonds is 9. The molecule has 1 saturated carbocycles. The fourth-order valence-electron chi connectivity index (χ4n) is 4.43. The zero-order chi connectivity index (χ0) is 20.2. The summed E-state index contributed by atoms with van der Waals surface area (Å²) < 4.78 is 0. The Morgan fingerprint density at radius 3 is 2.38 bits per heavy atom. The molecule has 1 aromatic heterocycles. The molecule has 7 nitrogen and oxygen atoms in total. The van der Waals surface area contributed by atoms with Crippen LogP contribution < -0.4 is 15.5 Å². The zero-order valence-corrected chi connectivity index (χ0v) is 18.2. The molecule has 2 N–H and O–H groups in total. The number of anilines is 1. The number of hydrogen-bond donors (Lipinski definition) is 2. The molecule has 2 heterocycles. The predicted octanol–water partition coefficient (Wildman–Crippen LogP) is 2.51. The largest absolute Gasteiger partial charge is 0.356 e. The minimum Gasteiger partial charge on any atom is -0.356 e. The first-order chi connectivity index (χ1) is 14.3. The maximum atomic E-state index is 4.36. The van der Waals surface area contributed by atoms with Gasteiger partial charge in [0, 0.05) is 58.7 Å². The van der Waals surface area contributed by atoms with Crippen LogP contribution in [-0.4, -0.2) is 73.7 Å². The maximum absolute atomic E-state index is 4.36. The van der Waals surface area contributed by atoms with Gasteiger partial charge >= 0.3 is 0 Å². The van der Waals surface area contributed by atoms with Gasteiger partial charge in [-0.1, -0.05) is 32.1 Å². The summed E-state index contributed by atoms with van der Waals surface area (Å²) in [6, 6.07) is 1.87. The molecule has 7 heteroatoms. The second-order valence-corrected chi connectivity index (χ2v) is 8.30. The summed E-state index contributed by atoms with van der Waals surface area (Å²) >= 11 is 0. The van der Waals surface area contributed by atoms with Crippen molar-refractivity contribution >= 4 is 11.9 Å². The SMILES string of the molecule is CN=C(NCCCC1CCCCC1)NCCCN1CCN(c2ncccn2)CC1. The second kappa shape index (κ2) is 12.6. The highest BCUT2D eigenvalue weighted by Gasteiger charge is 2.18. The standard InChI is InChI=1S/C22H39N7/c1-23-21(24-11-5-10-20-8-3-2-4-9-20)25-14-7-15-28-16-18-29(19-17-28)22-26-12-6-13-27-22/h6,12-13,20H,2-5,7-11,14-19H2,1H3,(H2,23,24,25). The highest BCUT2D eigenvalue weighted by Crippen LogP contribution is 2.26. The van der Waals surface area contributed by atoms with Gasteiger partial charge in [-0.2, -0.15) is 0 Å². The molecule has 1 aromatic rings. The highest BCUT2D eigenvalue weighted by molar-refractivity contribution is 5.79. The number of aliphatic imine (C=N–C) groups is 1. The number of nitrogens with one attached hydrogen (secondary N) is 2. The van der Waals surface area contributed by atoms with Gasteiger partial charge in [-0.3, -0.25) is 9.89 Å². The quantitative estimate of drug-likeness (QED) is 0.376. The minimum atomic E-state index is 0.854. The summed E-state index contributed by atoms with van der Waals surface area (Å²) in [6.45, 7) is 7.27. The van der Waals surface area contributed by atoms with Crippen LogP contribution >= 0.6 is 0 Å². The number of piperazine rings is 1. The molecule has 3 rings (SSSR count). The van der Waals surface area contributed by atoms with E-state index in [0.29, 0.717) is 0 Å². The number of hydrogen-bond acceptors (Lipinski definition) is 5. The predicted molar refractivity (Wildman–Crippen MR) is 120 cm³/mol. The molecule has 0 radical (unpaired) electrons. The lowest BCUT2D eigenvalue weighted by atomic mass is 9.86. The van der Waals surface area contributed by atoms with E-state index in [2.05, 4.69) is 35.4 Å². The summed E-state index contributed by atoms with van der Waals surface area (Å²) in [4.78, 5) is 17.9. The normalized spacial score (nSPS) is 19.3. The molecule has 1 aliphatic carbocycles. The Bertz CT molecular complexity index is 578. The Kier molecular flexibility index (Phi) is 9.50. The Labute approximate surface area is 176 Å². The van der Waals surface area contributed by atoms with Crippen molar-refractivity contribution in [3.05, 3.63) is 18.5 Å². The second-order valence-electron chi connectivity index (χ2n) is 8.30. The van der Waals surface area contributed by atoms with Gasteiger partial charge in [0.05, 0.1) is 0 Å². The number of nitrogens with zero attached hydrogens (tertiary/aromatic N) is 5. The van der Waals surface area contributed by atoms with Crippen molar-refractivity contribution in [3.63, 3.8) is 0 Å². The smallest absolute Gasteiger partial charge is 0.225 e. The van der Waals surface area contributed by atoms with E-state index < -0.39 is 0 Å². The third-order valence-corrected chi connectivity index (χ3v) is 6.18. The van der Waals surface area contributed by atoms with Crippen molar-refractivity contribution in [2.45, 2.75) is 51.4 Å². The van der Waals surface area contributed by atoms with Crippen molar-refractivity contribution < 1.29 is 0 Å². The summed E-state index contributed by atoms with van der Waals surface area (Å²) in [5, 5.41) is 6.94. The third kappa shape index (κ3) is 7.80. The van der Waals surface area contributed by atoms with Gasteiger partial charge in [0.1, 0.15) is 0 Å². The van der Waals surface area contributed by atoms with Gasteiger partial charge in [0.2, 0.25) is 5.95 Å². The van der Waals surface area contributed by atoms with Crippen molar-refractivity contribution in [3.8, 4) is 0 Å². The van der Waals surface area contributed by atoms with Crippen LogP contribution in [0.2, 0.25) is 0 Å². The molecule has 2 fully saturated rings. The van der Waals surface area contributed by atoms with Crippen LogP contribution in [0.4, 0.5) is 5.95 Å². The molecular formula is C22H39N7. The Morgan fingerprint density at radius 2 is 1.69 bits per heavy atom. The first kappa shape index (κ1) is 21.8. The molecule has 162 valence electrons. The average molecular weight is 402 g/mol. The van der Waals surface area contributed by atoms with E-state index in [1.165, 1.54) is 44.9 Å². The van der Waals surface area contributed by atoms with E-state index >= 15 is 0 Å². The monoisotopic (exact) mass is 401 g/mol. The molecule has 2 aliphatic rings. The van der Waals surface area contributed by atoms with Gasteiger partial charge < -0.3 is 15.5 Å². The summed E-state index contributed by atoms with van der Waals surface area (Å²) in [6.07, 6.45) is 14.6. The van der Waals surface area contributed by atoms with Gasteiger partial charge in [-0.25, -0.2) is 9.97 Å². The molecule has 0 unspecified atom stereocenters. The van der Waals surface area contributed by atoms with Crippen LogP contribution in [0.3, 0.4) is 0 Å². The highest BCUT2D eigenvalue weighted by atomic mass is 15.3. The van der Waals surface area contributed by atoms with E-state index in [4.69, 9.17) is 0 Å². The van der Waals surface area contributed by atoms with Crippen molar-refractivity contribution in [1.82, 2.24) is 25.5 Å². The van der Waals surface area contributed by atoms with Crippen LogP contribution in [0.1, 0.15) is 51.4 Å². The van der Waals surface area contributed by atoms with E-state index in [9.17, 15) is 0 Å². The maximum Gasteiger partial charge on any atom is 0.225 e. The fraction of sp³-hybridized carbons (Fsp3) is 0.773. The molecule has 0 amide bonds. The lowest BCUT2D eigenvalue weighted by Crippen LogP contribution is -2.47. The average Bonchev–Trinajstić information content (AvgIpc) is 2.79. The molecule has 0 atom stereocenters. The summed E-state index contributed by atoms with van der Waals surface area (Å²) in [5.74, 6) is 2.77. The van der Waals surface area contributed by atoms with Crippen molar-refractivity contribution in [2.75, 3.05) is 57.8 Å². The van der Waals surface area contributed by atoms with E-state index in [0.717, 1.165) is 70.1 Å². The molecule has 29 heavy (non-hydrogen) atoms. The number of aromatic nitrogens is 2. The van der Waals surface area contributed by atoms with Crippen molar-refractivity contribution in [1.29, 1.82) is 0 Å². The minimum absolute atomic E-state index is 0.854. The van der Waals surface area contributed by atoms with Gasteiger partial charge in [-0.05, 0) is 37.8 Å². The van der Waals surface area contributed by atoms with E-state index in [-0.39, 0.29) is 0 Å². The van der Waals surface area contributed by atoms with Gasteiger partial charge in [0.25, 0.3) is 0 Å². The topological polar surface area (TPSA) is 68.7 Å². The molecule has 0 bridgehead atoms. The Morgan fingerprint density at radius 1 is 1.00 bits per heavy atom. The zero-order valence-electron chi connectivity index (χ0n) is 18.2. The summed E-state index contributed by atoms with van der Waals surface area (Å²) in [5.41, 5.74) is 0. The molecule has 0 aromatic carbocycles. The first-order valence-corrected chi connectivity index (χ1v) is 11.5. The van der Waals surface area contributed by atoms with E-state index in [1.54, 1.807) is 0 Å². The molecular weight excluding hydrogens is 362 g/mol. The lowest BCUT2D eigenvalue weighted by Gasteiger charge is -2.34. The molecule has 0 spiro atoms. The van der Waals surface area contributed by atoms with Crippen LogP contribution in [0, 0.1) is 5.92 Å². The Balaban J connectivity index is 1.21. The first-order valence-electron chi connectivity index (χ1n) is 11.5. The van der Waals surface area contributed by atoms with E-state index in [1.807, 2.05) is 25.5 Å². The Hall–Kier alpha value is -1.89. The number of guanidine groups is 1. The van der Waals surface area contributed by atoms with Crippen LogP contribution in [0.5, 0.6) is 0 Å². The van der Waals surface area contributed by atoms with Crippen LogP contribution in [-0.2, 0) is 0 Å². The molecule has 1 aliphatic heterocycles. The van der Waals surface area contributed by atoms with Crippen LogP contribution in [0.25, 0.3) is 0 Å². The van der Waals surface area contributed by atoms with Gasteiger partial charge in [0.15, 0.2) is 5.96 Å². The lowest BCUT2D eigenvalue weighted by molar-refractivity contribution is 0.254. The molecule has 1 saturated heterocycles. The summed E-state index contributed by atoms with van der Waals surface area (Å²) in [7, 11) is 1.86. The fourth-order valence-corrected chi connectivity index (χ4v) is 4.43. The third-order valence-electron chi connectivity index (χ3n) is 6.18.